The summed E-state index contributed by atoms with van der Waals surface area (Å²) in [6, 6.07) is 14.8. The minimum Gasteiger partial charge on any atom is -0.349 e. The van der Waals surface area contributed by atoms with Gasteiger partial charge < -0.3 is 21.3 Å². The maximum atomic E-state index is 12.8. The summed E-state index contributed by atoms with van der Waals surface area (Å²) in [4.78, 5) is 39.2. The number of nitrogens with zero attached hydrogens (tertiary/aromatic N) is 1. The van der Waals surface area contributed by atoms with Crippen LogP contribution in [0.25, 0.3) is 0 Å². The quantitative estimate of drug-likeness (QED) is 0.724. The van der Waals surface area contributed by atoms with Crippen LogP contribution in [-0.2, 0) is 16.0 Å². The van der Waals surface area contributed by atoms with E-state index in [-0.39, 0.29) is 42.8 Å². The molecule has 1 fully saturated rings. The third kappa shape index (κ3) is 4.52. The fourth-order valence-electron chi connectivity index (χ4n) is 4.05. The summed E-state index contributed by atoms with van der Waals surface area (Å²) in [7, 11) is 0. The molecule has 0 radical (unpaired) electrons. The summed E-state index contributed by atoms with van der Waals surface area (Å²) in [5, 5.41) is 5.84. The zero-order valence-corrected chi connectivity index (χ0v) is 16.8. The summed E-state index contributed by atoms with van der Waals surface area (Å²) in [6.45, 7) is -0.0352. The SMILES string of the molecule is NC1CCC(NC(=O)c2ccc3c(c2)NC(=O)CN3C(=O)Cc2ccccc2)CC1. The Balaban J connectivity index is 1.49. The number of nitrogens with one attached hydrogen (secondary N) is 2. The predicted molar refractivity (Wildman–Crippen MR) is 115 cm³/mol. The van der Waals surface area contributed by atoms with Crippen molar-refractivity contribution in [2.75, 3.05) is 16.8 Å². The van der Waals surface area contributed by atoms with Gasteiger partial charge in [0.1, 0.15) is 6.54 Å². The molecular weight excluding hydrogens is 380 g/mol. The first-order chi connectivity index (χ1) is 14.5. The Labute approximate surface area is 175 Å². The molecule has 3 amide bonds. The van der Waals surface area contributed by atoms with E-state index in [9.17, 15) is 14.4 Å². The second-order valence-corrected chi connectivity index (χ2v) is 8.01. The van der Waals surface area contributed by atoms with E-state index in [1.165, 1.54) is 4.90 Å². The minimum absolute atomic E-state index is 0.0352. The summed E-state index contributed by atoms with van der Waals surface area (Å²) >= 11 is 0. The van der Waals surface area contributed by atoms with Gasteiger partial charge in [-0.3, -0.25) is 14.4 Å². The molecule has 2 aliphatic rings. The van der Waals surface area contributed by atoms with Crippen LogP contribution in [-0.4, -0.2) is 36.3 Å². The molecule has 0 saturated heterocycles. The monoisotopic (exact) mass is 406 g/mol. The molecule has 7 nitrogen and oxygen atoms in total. The lowest BCUT2D eigenvalue weighted by molar-refractivity contribution is -0.121. The Morgan fingerprint density at radius 3 is 2.53 bits per heavy atom. The summed E-state index contributed by atoms with van der Waals surface area (Å²) in [6.07, 6.45) is 3.76. The molecule has 0 atom stereocenters. The normalized spacial score (nSPS) is 20.8. The summed E-state index contributed by atoms with van der Waals surface area (Å²) in [5.41, 5.74) is 8.36. The number of amides is 3. The zero-order valence-electron chi connectivity index (χ0n) is 16.8. The lowest BCUT2D eigenvalue weighted by atomic mass is 9.91. The third-order valence-electron chi connectivity index (χ3n) is 5.73. The van der Waals surface area contributed by atoms with Crippen molar-refractivity contribution >= 4 is 29.1 Å². The largest absolute Gasteiger partial charge is 0.349 e. The van der Waals surface area contributed by atoms with Crippen LogP contribution in [0.2, 0.25) is 0 Å². The zero-order chi connectivity index (χ0) is 21.1. The number of benzene rings is 2. The first-order valence-corrected chi connectivity index (χ1v) is 10.3. The van der Waals surface area contributed by atoms with E-state index in [4.69, 9.17) is 5.73 Å². The van der Waals surface area contributed by atoms with Crippen LogP contribution in [0.1, 0.15) is 41.6 Å². The fraction of sp³-hybridized carbons (Fsp3) is 0.348. The highest BCUT2D eigenvalue weighted by Gasteiger charge is 2.28. The molecule has 30 heavy (non-hydrogen) atoms. The molecule has 0 aromatic heterocycles. The minimum atomic E-state index is -0.275. The van der Waals surface area contributed by atoms with E-state index in [2.05, 4.69) is 10.6 Å². The fourth-order valence-corrected chi connectivity index (χ4v) is 4.05. The van der Waals surface area contributed by atoms with Gasteiger partial charge in [-0.1, -0.05) is 30.3 Å². The number of fused-ring (bicyclic) bond motifs is 1. The van der Waals surface area contributed by atoms with E-state index in [0.29, 0.717) is 16.9 Å². The summed E-state index contributed by atoms with van der Waals surface area (Å²) in [5.74, 6) is -0.615. The third-order valence-corrected chi connectivity index (χ3v) is 5.73. The van der Waals surface area contributed by atoms with Crippen molar-refractivity contribution in [2.45, 2.75) is 44.2 Å². The van der Waals surface area contributed by atoms with E-state index in [1.54, 1.807) is 18.2 Å². The van der Waals surface area contributed by atoms with Crippen molar-refractivity contribution in [1.29, 1.82) is 0 Å². The van der Waals surface area contributed by atoms with Gasteiger partial charge >= 0.3 is 0 Å². The van der Waals surface area contributed by atoms with Gasteiger partial charge in [0.2, 0.25) is 11.8 Å². The molecule has 7 heteroatoms. The number of anilines is 2. The Morgan fingerprint density at radius 1 is 1.07 bits per heavy atom. The smallest absolute Gasteiger partial charge is 0.251 e. The van der Waals surface area contributed by atoms with Gasteiger partial charge in [0.15, 0.2) is 0 Å². The second kappa shape index (κ2) is 8.67. The number of carbonyl (C=O) groups excluding carboxylic acids is 3. The molecule has 2 aromatic rings. The van der Waals surface area contributed by atoms with Gasteiger partial charge in [-0.25, -0.2) is 0 Å². The Morgan fingerprint density at radius 2 is 1.80 bits per heavy atom. The second-order valence-electron chi connectivity index (χ2n) is 8.01. The van der Waals surface area contributed by atoms with Crippen LogP contribution in [0.5, 0.6) is 0 Å². The Kier molecular flexibility index (Phi) is 5.81. The number of hydrogen-bond acceptors (Lipinski definition) is 4. The van der Waals surface area contributed by atoms with Crippen molar-refractivity contribution in [1.82, 2.24) is 5.32 Å². The maximum Gasteiger partial charge on any atom is 0.251 e. The molecule has 2 aromatic carbocycles. The first-order valence-electron chi connectivity index (χ1n) is 10.3. The topological polar surface area (TPSA) is 105 Å². The van der Waals surface area contributed by atoms with Crippen molar-refractivity contribution in [3.8, 4) is 0 Å². The molecule has 0 bridgehead atoms. The van der Waals surface area contributed by atoms with Crippen LogP contribution < -0.4 is 21.3 Å². The molecule has 1 heterocycles. The lowest BCUT2D eigenvalue weighted by Gasteiger charge is -2.30. The Hall–Kier alpha value is -3.19. The first kappa shape index (κ1) is 20.1. The molecule has 0 unspecified atom stereocenters. The van der Waals surface area contributed by atoms with Crippen LogP contribution in [0, 0.1) is 0 Å². The van der Waals surface area contributed by atoms with Gasteiger partial charge in [-0.2, -0.15) is 0 Å². The molecule has 1 saturated carbocycles. The van der Waals surface area contributed by atoms with Gasteiger partial charge in [-0.05, 0) is 49.4 Å². The van der Waals surface area contributed by atoms with Gasteiger partial charge in [-0.15, -0.1) is 0 Å². The molecule has 4 N–H and O–H groups in total. The standard InChI is InChI=1S/C23H26N4O3/c24-17-7-9-18(10-8-17)25-23(30)16-6-11-20-19(13-16)26-21(28)14-27(20)22(29)12-15-4-2-1-3-5-15/h1-6,11,13,17-18H,7-10,12,14,24H2,(H,25,30)(H,26,28). The van der Waals surface area contributed by atoms with E-state index < -0.39 is 0 Å². The highest BCUT2D eigenvalue weighted by atomic mass is 16.2. The predicted octanol–water partition coefficient (Wildman–Crippen LogP) is 2.21. The van der Waals surface area contributed by atoms with Crippen LogP contribution in [0.3, 0.4) is 0 Å². The average molecular weight is 406 g/mol. The van der Waals surface area contributed by atoms with Gasteiger partial charge in [0.25, 0.3) is 5.91 Å². The maximum absolute atomic E-state index is 12.8. The van der Waals surface area contributed by atoms with Crippen LogP contribution in [0.4, 0.5) is 11.4 Å². The average Bonchev–Trinajstić information content (AvgIpc) is 2.75. The number of rotatable bonds is 4. The molecular formula is C23H26N4O3. The number of nitrogens with two attached hydrogens (primary N) is 1. The number of hydrogen-bond donors (Lipinski definition) is 3. The van der Waals surface area contributed by atoms with Gasteiger partial charge in [0.05, 0.1) is 17.8 Å². The number of carbonyl (C=O) groups is 3. The van der Waals surface area contributed by atoms with Crippen LogP contribution >= 0.6 is 0 Å². The van der Waals surface area contributed by atoms with Crippen LogP contribution in [0.15, 0.2) is 48.5 Å². The Bertz CT molecular complexity index is 952. The van der Waals surface area contributed by atoms with Crippen molar-refractivity contribution in [3.63, 3.8) is 0 Å². The van der Waals surface area contributed by atoms with Gasteiger partial charge in [0, 0.05) is 17.6 Å². The lowest BCUT2D eigenvalue weighted by Crippen LogP contribution is -2.43. The summed E-state index contributed by atoms with van der Waals surface area (Å²) < 4.78 is 0. The molecule has 4 rings (SSSR count). The van der Waals surface area contributed by atoms with Crippen molar-refractivity contribution in [2.24, 2.45) is 5.73 Å². The molecule has 1 aliphatic carbocycles. The van der Waals surface area contributed by atoms with E-state index in [1.807, 2.05) is 30.3 Å². The molecule has 1 aliphatic heterocycles. The van der Waals surface area contributed by atoms with Crippen molar-refractivity contribution in [3.05, 3.63) is 59.7 Å². The van der Waals surface area contributed by atoms with E-state index >= 15 is 0 Å². The highest BCUT2D eigenvalue weighted by Crippen LogP contribution is 2.31. The molecule has 0 spiro atoms. The molecule has 156 valence electrons. The van der Waals surface area contributed by atoms with Crippen molar-refractivity contribution < 1.29 is 14.4 Å². The van der Waals surface area contributed by atoms with E-state index in [0.717, 1.165) is 31.2 Å². The highest BCUT2D eigenvalue weighted by molar-refractivity contribution is 6.11.